The summed E-state index contributed by atoms with van der Waals surface area (Å²) < 4.78 is 46.5. The van der Waals surface area contributed by atoms with E-state index in [1.165, 1.54) is 32.1 Å². The van der Waals surface area contributed by atoms with Gasteiger partial charge in [0.15, 0.2) is 0 Å². The smallest absolute Gasteiger partial charge is 0.328 e. The first-order valence-electron chi connectivity index (χ1n) is 13.5. The molecule has 212 valence electrons. The van der Waals surface area contributed by atoms with Crippen LogP contribution in [0.5, 0.6) is 0 Å². The minimum atomic E-state index is -3.87. The number of sulfonamides is 1. The highest BCUT2D eigenvalue weighted by atomic mass is 32.2. The molecule has 5 aromatic rings. The molecule has 1 fully saturated rings. The molecule has 0 saturated carbocycles. The van der Waals surface area contributed by atoms with Gasteiger partial charge in [-0.1, -0.05) is 24.3 Å². The van der Waals surface area contributed by atoms with Crippen LogP contribution in [0.4, 0.5) is 9.18 Å². The number of amides is 1. The number of aromatic nitrogens is 4. The van der Waals surface area contributed by atoms with Crippen LogP contribution in [-0.2, 0) is 16.6 Å². The van der Waals surface area contributed by atoms with Gasteiger partial charge in [0.1, 0.15) is 22.1 Å². The topological polar surface area (TPSA) is 93.3 Å². The van der Waals surface area contributed by atoms with Gasteiger partial charge in [-0.2, -0.15) is 4.31 Å². The van der Waals surface area contributed by atoms with Gasteiger partial charge in [-0.05, 0) is 61.1 Å². The average molecular weight is 575 g/mol. The van der Waals surface area contributed by atoms with Gasteiger partial charge >= 0.3 is 6.03 Å². The number of fused-ring (bicyclic) bond motifs is 2. The van der Waals surface area contributed by atoms with Crippen LogP contribution in [0, 0.1) is 18.7 Å². The highest BCUT2D eigenvalue weighted by Gasteiger charge is 2.33. The molecule has 0 radical (unpaired) electrons. The number of nitrogens with zero attached hydrogens (tertiary/aromatic N) is 6. The van der Waals surface area contributed by atoms with Crippen molar-refractivity contribution in [1.29, 1.82) is 0 Å². The number of hydrogen-bond acceptors (Lipinski definition) is 5. The number of carbonyl (C=O) groups excluding carboxylic acids is 1. The molecule has 0 atom stereocenters. The first-order chi connectivity index (χ1) is 19.6. The number of pyridine rings is 1. The summed E-state index contributed by atoms with van der Waals surface area (Å²) in [6.45, 7) is 3.53. The monoisotopic (exact) mass is 574 g/mol. The fourth-order valence-corrected chi connectivity index (χ4v) is 7.32. The van der Waals surface area contributed by atoms with Crippen LogP contribution in [0.1, 0.15) is 18.7 Å². The Morgan fingerprint density at radius 3 is 2.44 bits per heavy atom. The van der Waals surface area contributed by atoms with Gasteiger partial charge in [0.2, 0.25) is 10.0 Å². The average Bonchev–Trinajstić information content (AvgIpc) is 3.51. The van der Waals surface area contributed by atoms with E-state index in [1.807, 2.05) is 13.0 Å². The summed E-state index contributed by atoms with van der Waals surface area (Å²) in [5, 5.41) is 0.474. The van der Waals surface area contributed by atoms with Crippen LogP contribution < -0.4 is 0 Å². The Labute approximate surface area is 237 Å². The van der Waals surface area contributed by atoms with Crippen LogP contribution in [0.15, 0.2) is 72.0 Å². The van der Waals surface area contributed by atoms with E-state index in [9.17, 15) is 17.6 Å². The van der Waals surface area contributed by atoms with Crippen molar-refractivity contribution in [2.24, 2.45) is 5.92 Å². The molecule has 1 saturated heterocycles. The Hall–Kier alpha value is -4.09. The Morgan fingerprint density at radius 1 is 1.02 bits per heavy atom. The molecular formula is C30H31FN6O3S. The van der Waals surface area contributed by atoms with Gasteiger partial charge in [0.05, 0.1) is 17.2 Å². The number of hydrogen-bond donors (Lipinski definition) is 0. The van der Waals surface area contributed by atoms with E-state index in [4.69, 9.17) is 0 Å². The SMILES string of the molecule is Cc1nc2cnccc2n1CC1CCN(S(=O)(=O)c2cn(C(=O)N(C)C)c3cc(-c4ccc(F)cc4)ccc23)CC1. The minimum absolute atomic E-state index is 0.107. The number of carbonyl (C=O) groups is 1. The first kappa shape index (κ1) is 27.1. The van der Waals surface area contributed by atoms with Crippen molar-refractivity contribution in [3.63, 3.8) is 0 Å². The quantitative estimate of drug-likeness (QED) is 0.290. The molecule has 41 heavy (non-hydrogen) atoms. The molecule has 9 nitrogen and oxygen atoms in total. The van der Waals surface area contributed by atoms with E-state index >= 15 is 0 Å². The third-order valence-corrected chi connectivity index (χ3v) is 9.83. The zero-order chi connectivity index (χ0) is 28.9. The second-order valence-corrected chi connectivity index (χ2v) is 12.7. The lowest BCUT2D eigenvalue weighted by molar-refractivity contribution is 0.220. The molecule has 1 amide bonds. The van der Waals surface area contributed by atoms with E-state index in [0.29, 0.717) is 42.8 Å². The molecule has 1 aliphatic heterocycles. The molecule has 0 N–H and O–H groups in total. The third kappa shape index (κ3) is 4.89. The minimum Gasteiger partial charge on any atom is -0.330 e. The zero-order valence-corrected chi connectivity index (χ0v) is 24.0. The molecule has 0 bridgehead atoms. The first-order valence-corrected chi connectivity index (χ1v) is 15.0. The molecule has 2 aromatic carbocycles. The molecule has 11 heteroatoms. The van der Waals surface area contributed by atoms with Crippen molar-refractivity contribution >= 4 is 38.0 Å². The second kappa shape index (κ2) is 10.4. The number of halogens is 1. The van der Waals surface area contributed by atoms with E-state index < -0.39 is 10.0 Å². The van der Waals surface area contributed by atoms with Gasteiger partial charge in [-0.25, -0.2) is 22.6 Å². The lowest BCUT2D eigenvalue weighted by Crippen LogP contribution is -2.39. The lowest BCUT2D eigenvalue weighted by Gasteiger charge is -2.31. The summed E-state index contributed by atoms with van der Waals surface area (Å²) in [5.74, 6) is 0.881. The maximum atomic E-state index is 14.0. The molecule has 3 aromatic heterocycles. The van der Waals surface area contributed by atoms with Crippen molar-refractivity contribution in [2.75, 3.05) is 27.2 Å². The van der Waals surface area contributed by atoms with Gasteiger partial charge < -0.3 is 9.47 Å². The largest absolute Gasteiger partial charge is 0.330 e. The van der Waals surface area contributed by atoms with E-state index in [2.05, 4.69) is 14.5 Å². The van der Waals surface area contributed by atoms with E-state index in [1.54, 1.807) is 56.8 Å². The molecule has 1 aliphatic rings. The fourth-order valence-electron chi connectivity index (χ4n) is 5.66. The summed E-state index contributed by atoms with van der Waals surface area (Å²) in [4.78, 5) is 23.4. The molecule has 0 aliphatic carbocycles. The van der Waals surface area contributed by atoms with Crippen LogP contribution in [0.3, 0.4) is 0 Å². The standard InChI is InChI=1S/C30H31FN6O3S/c1-20-33-26-17-32-13-10-27(26)36(20)18-21-11-14-35(15-12-21)41(39,40)29-19-37(30(38)34(2)3)28-16-23(6-9-25(28)29)22-4-7-24(31)8-5-22/h4-10,13,16-17,19,21H,11-12,14-15,18H2,1-3H3. The predicted octanol–water partition coefficient (Wildman–Crippen LogP) is 5.13. The molecule has 0 spiro atoms. The summed E-state index contributed by atoms with van der Waals surface area (Å²) in [7, 11) is -0.626. The van der Waals surface area contributed by atoms with Gasteiger partial charge in [0.25, 0.3) is 0 Å². The summed E-state index contributed by atoms with van der Waals surface area (Å²) in [6.07, 6.45) is 6.38. The summed E-state index contributed by atoms with van der Waals surface area (Å²) >= 11 is 0. The maximum absolute atomic E-state index is 14.0. The number of imidazole rings is 1. The zero-order valence-electron chi connectivity index (χ0n) is 23.2. The maximum Gasteiger partial charge on any atom is 0.328 e. The van der Waals surface area contributed by atoms with Gasteiger partial charge in [0, 0.05) is 51.5 Å². The molecule has 4 heterocycles. The van der Waals surface area contributed by atoms with Crippen LogP contribution in [0.2, 0.25) is 0 Å². The Bertz CT molecular complexity index is 1870. The van der Waals surface area contributed by atoms with Gasteiger partial charge in [-0.15, -0.1) is 0 Å². The van der Waals surface area contributed by atoms with Crippen LogP contribution >= 0.6 is 0 Å². The fraction of sp³-hybridized carbons (Fsp3) is 0.300. The highest BCUT2D eigenvalue weighted by molar-refractivity contribution is 7.89. The second-order valence-electron chi connectivity index (χ2n) is 10.8. The summed E-state index contributed by atoms with van der Waals surface area (Å²) in [5.41, 5.74) is 3.89. The van der Waals surface area contributed by atoms with E-state index in [0.717, 1.165) is 34.5 Å². The number of aryl methyl sites for hydroxylation is 1. The molecular weight excluding hydrogens is 543 g/mol. The lowest BCUT2D eigenvalue weighted by atomic mass is 9.98. The predicted molar refractivity (Wildman–Crippen MR) is 156 cm³/mol. The van der Waals surface area contributed by atoms with Crippen LogP contribution in [0.25, 0.3) is 33.1 Å². The normalized spacial score (nSPS) is 15.1. The summed E-state index contributed by atoms with van der Waals surface area (Å²) in [6, 6.07) is 13.0. The Morgan fingerprint density at radius 2 is 1.73 bits per heavy atom. The highest BCUT2D eigenvalue weighted by Crippen LogP contribution is 2.34. The van der Waals surface area contributed by atoms with Crippen molar-refractivity contribution < 1.29 is 17.6 Å². The van der Waals surface area contributed by atoms with Crippen molar-refractivity contribution in [2.45, 2.75) is 31.2 Å². The van der Waals surface area contributed by atoms with Crippen molar-refractivity contribution in [3.8, 4) is 11.1 Å². The van der Waals surface area contributed by atoms with E-state index in [-0.39, 0.29) is 16.7 Å². The van der Waals surface area contributed by atoms with Crippen molar-refractivity contribution in [1.82, 2.24) is 28.3 Å². The number of benzene rings is 2. The molecule has 0 unspecified atom stereocenters. The van der Waals surface area contributed by atoms with Gasteiger partial charge in [-0.3, -0.25) is 9.55 Å². The molecule has 6 rings (SSSR count). The Balaban J connectivity index is 1.29. The number of piperidine rings is 1. The Kier molecular flexibility index (Phi) is 6.87. The number of rotatable bonds is 5. The van der Waals surface area contributed by atoms with Crippen molar-refractivity contribution in [3.05, 3.63) is 78.8 Å². The van der Waals surface area contributed by atoms with Crippen LogP contribution in [-0.4, -0.2) is 69.9 Å². The third-order valence-electron chi connectivity index (χ3n) is 7.91.